The third kappa shape index (κ3) is 3.96. The summed E-state index contributed by atoms with van der Waals surface area (Å²) >= 11 is 0. The van der Waals surface area contributed by atoms with Crippen LogP contribution >= 0.6 is 0 Å². The van der Waals surface area contributed by atoms with Crippen molar-refractivity contribution in [2.24, 2.45) is 0 Å². The highest BCUT2D eigenvalue weighted by molar-refractivity contribution is 6.33. The zero-order valence-corrected chi connectivity index (χ0v) is 19.3. The number of benzene rings is 2. The van der Waals surface area contributed by atoms with Crippen LogP contribution in [-0.4, -0.2) is 40.3 Å². The highest BCUT2D eigenvalue weighted by Crippen LogP contribution is 2.46. The molecule has 7 nitrogen and oxygen atoms in total. The number of carbonyl (C=O) groups is 3. The lowest BCUT2D eigenvalue weighted by atomic mass is 9.92. The summed E-state index contributed by atoms with van der Waals surface area (Å²) in [5, 5.41) is 11.1. The van der Waals surface area contributed by atoms with Gasteiger partial charge in [-0.2, -0.15) is 0 Å². The quantitative estimate of drug-likeness (QED) is 0.376. The molecule has 0 bridgehead atoms. The summed E-state index contributed by atoms with van der Waals surface area (Å²) in [4.78, 5) is 42.8. The van der Waals surface area contributed by atoms with Gasteiger partial charge in [-0.25, -0.2) is 4.90 Å². The van der Waals surface area contributed by atoms with Crippen LogP contribution in [0.25, 0.3) is 11.1 Å². The summed E-state index contributed by atoms with van der Waals surface area (Å²) in [5.74, 6) is -1.88. The molecule has 1 atom stereocenters. The lowest BCUT2D eigenvalue weighted by Crippen LogP contribution is -2.39. The fraction of sp³-hybridized carbons (Fsp3) is 0.423. The van der Waals surface area contributed by atoms with Crippen LogP contribution in [0.5, 0.6) is 5.75 Å². The molecule has 0 aromatic heterocycles. The first-order valence-corrected chi connectivity index (χ1v) is 11.8. The Kier molecular flexibility index (Phi) is 6.40. The van der Waals surface area contributed by atoms with E-state index in [2.05, 4.69) is 0 Å². The van der Waals surface area contributed by atoms with Gasteiger partial charge in [0.1, 0.15) is 5.75 Å². The number of unbranched alkanes of at least 4 members (excludes halogenated alkanes) is 2. The van der Waals surface area contributed by atoms with Gasteiger partial charge >= 0.3 is 0 Å². The molecule has 2 heterocycles. The van der Waals surface area contributed by atoms with Gasteiger partial charge in [0.2, 0.25) is 5.91 Å². The van der Waals surface area contributed by atoms with Gasteiger partial charge in [0.25, 0.3) is 11.8 Å². The van der Waals surface area contributed by atoms with Gasteiger partial charge < -0.3 is 15.7 Å². The highest BCUT2D eigenvalue weighted by Gasteiger charge is 2.45. The number of hydrogen-bond donors (Lipinski definition) is 2. The standard InChI is InChI=1S/C26H31N3O4/c1-3-4-5-13-21(31)29-25(32)22-18(17-11-6-7-12-19(17)27)15-20(30)24(23(22)26(29)33)28-14-9-8-10-16(28)2/h6-7,11-12,15-16,30H,3-5,8-10,13-14,27H2,1-2H3. The number of phenolic OH excluding ortho intramolecular Hbond substituents is 1. The van der Waals surface area contributed by atoms with Crippen molar-refractivity contribution >= 4 is 29.1 Å². The van der Waals surface area contributed by atoms with Crippen LogP contribution in [0.1, 0.15) is 79.5 Å². The van der Waals surface area contributed by atoms with Crippen LogP contribution in [0.15, 0.2) is 30.3 Å². The topological polar surface area (TPSA) is 104 Å². The Morgan fingerprint density at radius 2 is 1.82 bits per heavy atom. The SMILES string of the molecule is CCCCCC(=O)N1C(=O)c2c(-c3ccccc3N)cc(O)c(N3CCCCC3C)c2C1=O. The zero-order chi connectivity index (χ0) is 23.7. The summed E-state index contributed by atoms with van der Waals surface area (Å²) in [6.45, 7) is 4.74. The second kappa shape index (κ2) is 9.25. The van der Waals surface area contributed by atoms with Gasteiger partial charge in [0, 0.05) is 35.8 Å². The maximum atomic E-state index is 13.6. The van der Waals surface area contributed by atoms with Gasteiger partial charge in [-0.15, -0.1) is 0 Å². The van der Waals surface area contributed by atoms with Crippen LogP contribution < -0.4 is 10.6 Å². The van der Waals surface area contributed by atoms with Gasteiger partial charge in [-0.3, -0.25) is 14.4 Å². The van der Waals surface area contributed by atoms with Gasteiger partial charge in [-0.05, 0) is 44.7 Å². The number of fused-ring (bicyclic) bond motifs is 1. The number of para-hydroxylation sites is 1. The van der Waals surface area contributed by atoms with Crippen molar-refractivity contribution in [2.45, 2.75) is 64.8 Å². The number of nitrogens with two attached hydrogens (primary N) is 1. The molecule has 0 aliphatic carbocycles. The highest BCUT2D eigenvalue weighted by atomic mass is 16.3. The van der Waals surface area contributed by atoms with Crippen molar-refractivity contribution < 1.29 is 19.5 Å². The predicted octanol–water partition coefficient (Wildman–Crippen LogP) is 4.72. The van der Waals surface area contributed by atoms with E-state index < -0.39 is 17.7 Å². The molecule has 0 radical (unpaired) electrons. The Hall–Kier alpha value is -3.35. The molecule has 4 rings (SSSR count). The van der Waals surface area contributed by atoms with E-state index in [1.165, 1.54) is 6.07 Å². The number of anilines is 2. The van der Waals surface area contributed by atoms with Crippen molar-refractivity contribution in [3.8, 4) is 16.9 Å². The van der Waals surface area contributed by atoms with Gasteiger partial charge in [-0.1, -0.05) is 38.0 Å². The molecule has 0 saturated carbocycles. The smallest absolute Gasteiger partial charge is 0.270 e. The first-order chi connectivity index (χ1) is 15.9. The van der Waals surface area contributed by atoms with E-state index in [9.17, 15) is 19.5 Å². The van der Waals surface area contributed by atoms with E-state index in [0.29, 0.717) is 35.5 Å². The first kappa shape index (κ1) is 22.8. The molecule has 1 saturated heterocycles. The van der Waals surface area contributed by atoms with Crippen molar-refractivity contribution in [3.63, 3.8) is 0 Å². The number of phenols is 1. The molecule has 0 spiro atoms. The van der Waals surface area contributed by atoms with E-state index in [0.717, 1.165) is 37.0 Å². The Bertz CT molecular complexity index is 1110. The molecule has 7 heteroatoms. The first-order valence-electron chi connectivity index (χ1n) is 11.8. The Morgan fingerprint density at radius 1 is 1.09 bits per heavy atom. The lowest BCUT2D eigenvalue weighted by Gasteiger charge is -2.36. The van der Waals surface area contributed by atoms with Crippen LogP contribution in [0.4, 0.5) is 11.4 Å². The number of rotatable bonds is 6. The molecule has 2 aliphatic heterocycles. The summed E-state index contributed by atoms with van der Waals surface area (Å²) in [6, 6.07) is 8.62. The van der Waals surface area contributed by atoms with Crippen LogP contribution in [0.2, 0.25) is 0 Å². The normalized spacial score (nSPS) is 18.1. The van der Waals surface area contributed by atoms with Gasteiger partial charge in [0.05, 0.1) is 16.8 Å². The number of hydrogen-bond acceptors (Lipinski definition) is 6. The van der Waals surface area contributed by atoms with E-state index >= 15 is 0 Å². The maximum Gasteiger partial charge on any atom is 0.270 e. The molecule has 2 aromatic rings. The van der Waals surface area contributed by atoms with Crippen molar-refractivity contribution in [1.29, 1.82) is 0 Å². The molecular formula is C26H31N3O4. The van der Waals surface area contributed by atoms with Crippen LogP contribution in [0.3, 0.4) is 0 Å². The molecule has 2 aliphatic rings. The maximum absolute atomic E-state index is 13.6. The van der Waals surface area contributed by atoms with E-state index in [4.69, 9.17) is 5.73 Å². The molecule has 174 valence electrons. The number of carbonyl (C=O) groups excluding carboxylic acids is 3. The molecule has 33 heavy (non-hydrogen) atoms. The average Bonchev–Trinajstić information content (AvgIpc) is 3.05. The van der Waals surface area contributed by atoms with E-state index in [1.54, 1.807) is 24.3 Å². The Morgan fingerprint density at radius 3 is 2.52 bits per heavy atom. The molecule has 1 unspecified atom stereocenters. The van der Waals surface area contributed by atoms with Crippen LogP contribution in [0, 0.1) is 0 Å². The summed E-state index contributed by atoms with van der Waals surface area (Å²) in [6.07, 6.45) is 5.42. The van der Waals surface area contributed by atoms with Crippen molar-refractivity contribution in [2.75, 3.05) is 17.2 Å². The van der Waals surface area contributed by atoms with E-state index in [1.807, 2.05) is 18.7 Å². The molecule has 3 amide bonds. The Balaban J connectivity index is 1.90. The minimum Gasteiger partial charge on any atom is -0.506 e. The number of amides is 3. The fourth-order valence-electron chi connectivity index (χ4n) is 4.94. The zero-order valence-electron chi connectivity index (χ0n) is 19.3. The summed E-state index contributed by atoms with van der Waals surface area (Å²) in [7, 11) is 0. The van der Waals surface area contributed by atoms with Gasteiger partial charge in [0.15, 0.2) is 0 Å². The lowest BCUT2D eigenvalue weighted by molar-refractivity contribution is -0.126. The molecule has 2 aromatic carbocycles. The summed E-state index contributed by atoms with van der Waals surface area (Å²) < 4.78 is 0. The third-order valence-corrected chi connectivity index (χ3v) is 6.70. The second-order valence-electron chi connectivity index (χ2n) is 8.96. The minimum absolute atomic E-state index is 0.0813. The average molecular weight is 450 g/mol. The molecular weight excluding hydrogens is 418 g/mol. The second-order valence-corrected chi connectivity index (χ2v) is 8.96. The molecule has 1 fully saturated rings. The number of aromatic hydroxyl groups is 1. The predicted molar refractivity (Wildman–Crippen MR) is 128 cm³/mol. The Labute approximate surface area is 194 Å². The minimum atomic E-state index is -0.657. The number of imide groups is 3. The van der Waals surface area contributed by atoms with Crippen molar-refractivity contribution in [3.05, 3.63) is 41.5 Å². The number of piperidine rings is 1. The third-order valence-electron chi connectivity index (χ3n) is 6.70. The number of nitrogens with zero attached hydrogens (tertiary/aromatic N) is 2. The largest absolute Gasteiger partial charge is 0.506 e. The van der Waals surface area contributed by atoms with Crippen LogP contribution in [-0.2, 0) is 4.79 Å². The van der Waals surface area contributed by atoms with E-state index in [-0.39, 0.29) is 29.3 Å². The monoisotopic (exact) mass is 449 g/mol. The van der Waals surface area contributed by atoms with Crippen molar-refractivity contribution in [1.82, 2.24) is 4.90 Å². The molecule has 3 N–H and O–H groups in total. The fourth-order valence-corrected chi connectivity index (χ4v) is 4.94. The number of nitrogen functional groups attached to an aromatic ring is 1. The summed E-state index contributed by atoms with van der Waals surface area (Å²) in [5.41, 5.74) is 8.12.